The fourth-order valence-electron chi connectivity index (χ4n) is 1.97. The molecule has 2 aromatic carbocycles. The lowest BCUT2D eigenvalue weighted by molar-refractivity contribution is 0.102. The van der Waals surface area contributed by atoms with Crippen molar-refractivity contribution in [1.82, 2.24) is 0 Å². The van der Waals surface area contributed by atoms with E-state index in [0.29, 0.717) is 21.3 Å². The van der Waals surface area contributed by atoms with Gasteiger partial charge in [0.25, 0.3) is 5.91 Å². The Morgan fingerprint density at radius 2 is 1.86 bits per heavy atom. The fourth-order valence-corrected chi connectivity index (χ4v) is 2.31. The molecule has 0 radical (unpaired) electrons. The lowest BCUT2D eigenvalue weighted by atomic mass is 10.1. The minimum absolute atomic E-state index is 0.223. The van der Waals surface area contributed by atoms with E-state index in [1.165, 1.54) is 0 Å². The SMILES string of the molecule is CCNc1ccc(C)cc1C(=O)Nc1cc(Cl)ccc1Cl. The summed E-state index contributed by atoms with van der Waals surface area (Å²) >= 11 is 12.0. The predicted octanol–water partition coefficient (Wildman–Crippen LogP) is 4.99. The van der Waals surface area contributed by atoms with E-state index in [9.17, 15) is 4.79 Å². The van der Waals surface area contributed by atoms with Gasteiger partial charge in [-0.2, -0.15) is 0 Å². The Morgan fingerprint density at radius 1 is 1.10 bits per heavy atom. The molecule has 0 aromatic heterocycles. The smallest absolute Gasteiger partial charge is 0.257 e. The van der Waals surface area contributed by atoms with E-state index < -0.39 is 0 Å². The molecule has 0 fully saturated rings. The predicted molar refractivity (Wildman–Crippen MR) is 89.8 cm³/mol. The van der Waals surface area contributed by atoms with Crippen molar-refractivity contribution >= 4 is 40.5 Å². The van der Waals surface area contributed by atoms with E-state index in [2.05, 4.69) is 10.6 Å². The van der Waals surface area contributed by atoms with Gasteiger partial charge >= 0.3 is 0 Å². The molecule has 0 saturated heterocycles. The second-order valence-corrected chi connectivity index (χ2v) is 5.50. The highest BCUT2D eigenvalue weighted by Crippen LogP contribution is 2.27. The van der Waals surface area contributed by atoms with Crippen LogP contribution in [0.25, 0.3) is 0 Å². The number of nitrogens with one attached hydrogen (secondary N) is 2. The van der Waals surface area contributed by atoms with Crippen molar-refractivity contribution < 1.29 is 4.79 Å². The number of hydrogen-bond acceptors (Lipinski definition) is 2. The summed E-state index contributed by atoms with van der Waals surface area (Å²) in [7, 11) is 0. The van der Waals surface area contributed by atoms with Crippen molar-refractivity contribution in [2.45, 2.75) is 13.8 Å². The Hall–Kier alpha value is -1.71. The highest BCUT2D eigenvalue weighted by Gasteiger charge is 2.13. The van der Waals surface area contributed by atoms with Gasteiger partial charge in [-0.1, -0.05) is 34.8 Å². The standard InChI is InChI=1S/C16H16Cl2N2O/c1-3-19-14-7-4-10(2)8-12(14)16(21)20-15-9-11(17)5-6-13(15)18/h4-9,19H,3H2,1-2H3,(H,20,21). The van der Waals surface area contributed by atoms with Crippen LogP contribution >= 0.6 is 23.2 Å². The average Bonchev–Trinajstić information content (AvgIpc) is 2.45. The number of hydrogen-bond donors (Lipinski definition) is 2. The van der Waals surface area contributed by atoms with Gasteiger partial charge in [0.15, 0.2) is 0 Å². The van der Waals surface area contributed by atoms with E-state index in [1.54, 1.807) is 18.2 Å². The van der Waals surface area contributed by atoms with E-state index in [0.717, 1.165) is 17.8 Å². The zero-order valence-electron chi connectivity index (χ0n) is 11.8. The van der Waals surface area contributed by atoms with Crippen molar-refractivity contribution in [3.8, 4) is 0 Å². The van der Waals surface area contributed by atoms with Gasteiger partial charge in [0, 0.05) is 17.3 Å². The Bertz CT molecular complexity index is 671. The van der Waals surface area contributed by atoms with Gasteiger partial charge in [0.05, 0.1) is 16.3 Å². The van der Waals surface area contributed by atoms with Crippen LogP contribution in [0.15, 0.2) is 36.4 Å². The first-order valence-corrected chi connectivity index (χ1v) is 7.37. The van der Waals surface area contributed by atoms with Crippen LogP contribution in [0, 0.1) is 6.92 Å². The Kier molecular flexibility index (Phi) is 5.10. The molecule has 0 saturated carbocycles. The van der Waals surface area contributed by atoms with Crippen LogP contribution in [0.3, 0.4) is 0 Å². The van der Waals surface area contributed by atoms with Crippen molar-refractivity contribution in [3.63, 3.8) is 0 Å². The second kappa shape index (κ2) is 6.83. The van der Waals surface area contributed by atoms with Crippen molar-refractivity contribution in [2.24, 2.45) is 0 Å². The largest absolute Gasteiger partial charge is 0.385 e. The normalized spacial score (nSPS) is 10.3. The summed E-state index contributed by atoms with van der Waals surface area (Å²) in [6.45, 7) is 4.66. The molecule has 0 aliphatic rings. The van der Waals surface area contributed by atoms with Gasteiger partial charge in [-0.3, -0.25) is 4.79 Å². The molecule has 110 valence electrons. The Balaban J connectivity index is 2.31. The van der Waals surface area contributed by atoms with E-state index in [-0.39, 0.29) is 5.91 Å². The van der Waals surface area contributed by atoms with Crippen LogP contribution in [-0.2, 0) is 0 Å². The number of aryl methyl sites for hydroxylation is 1. The molecule has 0 aliphatic heterocycles. The second-order valence-electron chi connectivity index (χ2n) is 4.66. The molecule has 0 bridgehead atoms. The Labute approximate surface area is 134 Å². The van der Waals surface area contributed by atoms with E-state index in [4.69, 9.17) is 23.2 Å². The maximum absolute atomic E-state index is 12.5. The number of anilines is 2. The summed E-state index contributed by atoms with van der Waals surface area (Å²) in [5, 5.41) is 6.94. The van der Waals surface area contributed by atoms with Gasteiger partial charge < -0.3 is 10.6 Å². The van der Waals surface area contributed by atoms with Crippen LogP contribution in [-0.4, -0.2) is 12.5 Å². The molecule has 0 heterocycles. The summed E-state index contributed by atoms with van der Waals surface area (Å²) in [6.07, 6.45) is 0. The first-order valence-electron chi connectivity index (χ1n) is 6.62. The molecule has 5 heteroatoms. The minimum atomic E-state index is -0.223. The molecular formula is C16H16Cl2N2O. The quantitative estimate of drug-likeness (QED) is 0.832. The molecule has 1 amide bonds. The molecule has 0 unspecified atom stereocenters. The van der Waals surface area contributed by atoms with Crippen LogP contribution in [0.4, 0.5) is 11.4 Å². The number of amides is 1. The molecule has 3 nitrogen and oxygen atoms in total. The Morgan fingerprint density at radius 3 is 2.57 bits per heavy atom. The highest BCUT2D eigenvalue weighted by atomic mass is 35.5. The lowest BCUT2D eigenvalue weighted by Gasteiger charge is -2.13. The maximum atomic E-state index is 12.5. The summed E-state index contributed by atoms with van der Waals surface area (Å²) in [5.74, 6) is -0.223. The third-order valence-electron chi connectivity index (χ3n) is 2.96. The van der Waals surface area contributed by atoms with Gasteiger partial charge in [-0.05, 0) is 44.2 Å². The third kappa shape index (κ3) is 3.90. The number of carbonyl (C=O) groups excluding carboxylic acids is 1. The van der Waals surface area contributed by atoms with Gasteiger partial charge in [-0.25, -0.2) is 0 Å². The van der Waals surface area contributed by atoms with E-state index in [1.807, 2.05) is 32.0 Å². The zero-order valence-corrected chi connectivity index (χ0v) is 13.3. The molecule has 0 atom stereocenters. The van der Waals surface area contributed by atoms with Crippen molar-refractivity contribution in [3.05, 3.63) is 57.6 Å². The van der Waals surface area contributed by atoms with Crippen LogP contribution in [0.1, 0.15) is 22.8 Å². The van der Waals surface area contributed by atoms with Crippen molar-refractivity contribution in [2.75, 3.05) is 17.2 Å². The topological polar surface area (TPSA) is 41.1 Å². The first kappa shape index (κ1) is 15.7. The summed E-state index contributed by atoms with van der Waals surface area (Å²) in [6, 6.07) is 10.7. The summed E-state index contributed by atoms with van der Waals surface area (Å²) in [4.78, 5) is 12.5. The fraction of sp³-hybridized carbons (Fsp3) is 0.188. The van der Waals surface area contributed by atoms with Crippen LogP contribution in [0.2, 0.25) is 10.0 Å². The molecular weight excluding hydrogens is 307 g/mol. The molecule has 0 spiro atoms. The molecule has 2 rings (SSSR count). The minimum Gasteiger partial charge on any atom is -0.385 e. The van der Waals surface area contributed by atoms with Gasteiger partial charge in [0.1, 0.15) is 0 Å². The summed E-state index contributed by atoms with van der Waals surface area (Å²) < 4.78 is 0. The molecule has 21 heavy (non-hydrogen) atoms. The molecule has 2 N–H and O–H groups in total. The zero-order chi connectivity index (χ0) is 15.4. The monoisotopic (exact) mass is 322 g/mol. The summed E-state index contributed by atoms with van der Waals surface area (Å²) in [5.41, 5.74) is 2.88. The maximum Gasteiger partial charge on any atom is 0.257 e. The molecule has 2 aromatic rings. The van der Waals surface area contributed by atoms with E-state index >= 15 is 0 Å². The van der Waals surface area contributed by atoms with Crippen LogP contribution in [0.5, 0.6) is 0 Å². The first-order chi connectivity index (χ1) is 10.0. The number of carbonyl (C=O) groups is 1. The lowest BCUT2D eigenvalue weighted by Crippen LogP contribution is -2.15. The number of rotatable bonds is 4. The van der Waals surface area contributed by atoms with Crippen LogP contribution < -0.4 is 10.6 Å². The van der Waals surface area contributed by atoms with Gasteiger partial charge in [-0.15, -0.1) is 0 Å². The van der Waals surface area contributed by atoms with Gasteiger partial charge in [0.2, 0.25) is 0 Å². The number of benzene rings is 2. The van der Waals surface area contributed by atoms with Crippen molar-refractivity contribution in [1.29, 1.82) is 0 Å². The average molecular weight is 323 g/mol. The highest BCUT2D eigenvalue weighted by molar-refractivity contribution is 6.36. The number of halogens is 2. The third-order valence-corrected chi connectivity index (χ3v) is 3.53. The molecule has 0 aliphatic carbocycles.